The number of hydrogen-bond acceptors (Lipinski definition) is 13. The normalized spacial score (nSPS) is 12.2. The first-order valence-electron chi connectivity index (χ1n) is 17.8. The maximum absolute atomic E-state index is 13.1. The molecule has 2 atom stereocenters. The van der Waals surface area contributed by atoms with Crippen LogP contribution < -0.4 is 43.8 Å². The third kappa shape index (κ3) is 9.92. The molecule has 0 aromatic carbocycles. The van der Waals surface area contributed by atoms with E-state index in [1.54, 1.807) is 80.9 Å². The fourth-order valence-corrected chi connectivity index (χ4v) is 5.86. The first-order chi connectivity index (χ1) is 26.6. The molecule has 0 aliphatic heterocycles. The number of carbonyl (C=O) groups excluding carboxylic acids is 4. The number of nitrogen functional groups attached to an aromatic ring is 1. The maximum atomic E-state index is 13.1. The first kappa shape index (κ1) is 40.6. The topological polar surface area (TPSA) is 279 Å². The highest BCUT2D eigenvalue weighted by Crippen LogP contribution is 2.22. The molecule has 3 amide bonds. The average molecular weight is 775 g/mol. The van der Waals surface area contributed by atoms with Crippen molar-refractivity contribution in [2.75, 3.05) is 43.1 Å². The molecule has 0 bridgehead atoms. The van der Waals surface area contributed by atoms with E-state index in [0.717, 1.165) is 0 Å². The summed E-state index contributed by atoms with van der Waals surface area (Å²) in [4.78, 5) is 63.1. The van der Waals surface area contributed by atoms with Crippen molar-refractivity contribution in [3.63, 3.8) is 0 Å². The van der Waals surface area contributed by atoms with Gasteiger partial charge in [-0.05, 0) is 25.0 Å². The summed E-state index contributed by atoms with van der Waals surface area (Å²) in [5.41, 5.74) is 21.9. The van der Waals surface area contributed by atoms with Gasteiger partial charge in [-0.15, -0.1) is 0 Å². The van der Waals surface area contributed by atoms with Crippen LogP contribution in [0, 0.1) is 0 Å². The summed E-state index contributed by atoms with van der Waals surface area (Å²) in [5, 5.41) is 14.8. The summed E-state index contributed by atoms with van der Waals surface area (Å²) in [6, 6.07) is 2.45. The van der Waals surface area contributed by atoms with E-state index < -0.39 is 24.0 Å². The van der Waals surface area contributed by atoms with E-state index in [1.807, 2.05) is 20.3 Å². The number of carbonyl (C=O) groups is 4. The van der Waals surface area contributed by atoms with E-state index in [2.05, 4.69) is 46.3 Å². The van der Waals surface area contributed by atoms with Gasteiger partial charge in [-0.1, -0.05) is 0 Å². The Labute approximate surface area is 323 Å². The Hall–Kier alpha value is -6.61. The maximum Gasteiger partial charge on any atom is 0.307 e. The summed E-state index contributed by atoms with van der Waals surface area (Å²) in [5.74, 6) is 0.198. The summed E-state index contributed by atoms with van der Waals surface area (Å²) >= 11 is 0. The molecule has 56 heavy (non-hydrogen) atoms. The molecule has 0 fully saturated rings. The average Bonchev–Trinajstić information content (AvgIpc) is 3.97. The number of ether oxygens (including phenoxy) is 1. The molecule has 0 saturated heterocycles. The van der Waals surface area contributed by atoms with Crippen molar-refractivity contribution in [3.8, 4) is 0 Å². The van der Waals surface area contributed by atoms with E-state index in [0.29, 0.717) is 71.3 Å². The molecular weight excluding hydrogens is 724 g/mol. The molecule has 2 unspecified atom stereocenters. The van der Waals surface area contributed by atoms with Gasteiger partial charge in [0.25, 0.3) is 17.7 Å². The fourth-order valence-electron chi connectivity index (χ4n) is 5.86. The predicted octanol–water partition coefficient (Wildman–Crippen LogP) is 0.566. The molecule has 5 rings (SSSR count). The monoisotopic (exact) mass is 774 g/mol. The summed E-state index contributed by atoms with van der Waals surface area (Å²) < 4.78 is 13.1. The van der Waals surface area contributed by atoms with Crippen molar-refractivity contribution in [3.05, 3.63) is 71.7 Å². The van der Waals surface area contributed by atoms with Crippen LogP contribution in [0.3, 0.4) is 0 Å². The predicted molar refractivity (Wildman–Crippen MR) is 208 cm³/mol. The van der Waals surface area contributed by atoms with Crippen LogP contribution in [-0.4, -0.2) is 88.2 Å². The molecule has 0 saturated carbocycles. The van der Waals surface area contributed by atoms with Crippen LogP contribution in [0.25, 0.3) is 0 Å². The van der Waals surface area contributed by atoms with Gasteiger partial charge in [-0.3, -0.25) is 19.2 Å². The number of anilines is 5. The van der Waals surface area contributed by atoms with E-state index >= 15 is 0 Å². The minimum absolute atomic E-state index is 0.0439. The van der Waals surface area contributed by atoms with E-state index in [9.17, 15) is 19.2 Å². The highest BCUT2D eigenvalue weighted by atomic mass is 16.5. The molecule has 0 radical (unpaired) electrons. The number of nitrogens with zero attached hydrogens (tertiary/aromatic N) is 8. The lowest BCUT2D eigenvalue weighted by Gasteiger charge is -2.10. The molecule has 0 spiro atoms. The van der Waals surface area contributed by atoms with Gasteiger partial charge in [0.05, 0.1) is 48.4 Å². The van der Waals surface area contributed by atoms with Gasteiger partial charge in [-0.2, -0.15) is 4.98 Å². The number of rotatable bonds is 18. The molecule has 11 N–H and O–H groups in total. The lowest BCUT2D eigenvalue weighted by Crippen LogP contribution is -2.29. The van der Waals surface area contributed by atoms with Crippen LogP contribution in [0.15, 0.2) is 43.1 Å². The Morgan fingerprint density at radius 1 is 0.643 bits per heavy atom. The molecular formula is C35H50N16O5. The fraction of sp³-hybridized carbons (Fsp3) is 0.400. The number of nitrogens with two attached hydrogens (primary N) is 3. The number of nitrogens with one attached hydrogen (secondary N) is 5. The summed E-state index contributed by atoms with van der Waals surface area (Å²) in [6.45, 7) is 0.700. The van der Waals surface area contributed by atoms with Crippen molar-refractivity contribution in [1.29, 1.82) is 0 Å². The van der Waals surface area contributed by atoms with Crippen LogP contribution in [0.4, 0.5) is 29.1 Å². The standard InChI is InChI=1S/C35H50N16O5/c1-47-15-20(13-26(47)31(53)39-10-7-22(36)24-17-49(3)30(44-24)33(55)41-12-9-29(52)56-6)42-34-45-25(18-50(34)4)23(37)8-11-40-32(54)27-14-21(16-48(27)2)43-35-46-28(38)19-51(35)5/h13-19,22-23H,7-12,36-38H2,1-6H3,(H,39,53)(H,40,54)(H,41,55)(H,42,45)(H,43,46). The van der Waals surface area contributed by atoms with Gasteiger partial charge in [0.15, 0.2) is 5.82 Å². The highest BCUT2D eigenvalue weighted by molar-refractivity contribution is 5.94. The summed E-state index contributed by atoms with van der Waals surface area (Å²) in [6.07, 6.45) is 9.58. The van der Waals surface area contributed by atoms with Crippen LogP contribution >= 0.6 is 0 Å². The van der Waals surface area contributed by atoms with Crippen LogP contribution in [-0.2, 0) is 44.8 Å². The largest absolute Gasteiger partial charge is 0.469 e. The van der Waals surface area contributed by atoms with Gasteiger partial charge in [0.2, 0.25) is 11.9 Å². The smallest absolute Gasteiger partial charge is 0.307 e. The Morgan fingerprint density at radius 3 is 1.64 bits per heavy atom. The lowest BCUT2D eigenvalue weighted by molar-refractivity contribution is -0.140. The van der Waals surface area contributed by atoms with Crippen molar-refractivity contribution >= 4 is 52.8 Å². The zero-order valence-electron chi connectivity index (χ0n) is 32.3. The number of esters is 1. The zero-order valence-corrected chi connectivity index (χ0v) is 32.3. The quantitative estimate of drug-likeness (QED) is 0.0566. The van der Waals surface area contributed by atoms with E-state index in [4.69, 9.17) is 17.2 Å². The number of methoxy groups -OCH3 is 1. The van der Waals surface area contributed by atoms with E-state index in [-0.39, 0.29) is 37.1 Å². The number of amides is 3. The first-order valence-corrected chi connectivity index (χ1v) is 17.8. The van der Waals surface area contributed by atoms with Crippen molar-refractivity contribution in [2.45, 2.75) is 31.3 Å². The number of aromatic nitrogens is 8. The van der Waals surface area contributed by atoms with Gasteiger partial charge in [0, 0.05) is 85.9 Å². The van der Waals surface area contributed by atoms with Crippen LogP contribution in [0.1, 0.15) is 74.3 Å². The second kappa shape index (κ2) is 17.7. The van der Waals surface area contributed by atoms with Crippen molar-refractivity contribution < 1.29 is 23.9 Å². The Bertz CT molecular complexity index is 2190. The molecule has 5 aromatic heterocycles. The molecule has 21 heteroatoms. The molecule has 300 valence electrons. The number of hydrogen-bond donors (Lipinski definition) is 8. The van der Waals surface area contributed by atoms with Crippen LogP contribution in [0.2, 0.25) is 0 Å². The second-order valence-electron chi connectivity index (χ2n) is 13.4. The molecule has 0 aliphatic carbocycles. The number of imidazole rings is 3. The van der Waals surface area contributed by atoms with Crippen molar-refractivity contribution in [2.24, 2.45) is 46.7 Å². The highest BCUT2D eigenvalue weighted by Gasteiger charge is 2.20. The van der Waals surface area contributed by atoms with Crippen LogP contribution in [0.5, 0.6) is 0 Å². The van der Waals surface area contributed by atoms with Gasteiger partial charge in [0.1, 0.15) is 17.2 Å². The molecule has 0 aliphatic rings. The second-order valence-corrected chi connectivity index (χ2v) is 13.4. The third-order valence-electron chi connectivity index (χ3n) is 8.96. The minimum atomic E-state index is -0.539. The molecule has 5 aromatic rings. The van der Waals surface area contributed by atoms with Crippen molar-refractivity contribution in [1.82, 2.24) is 53.7 Å². The van der Waals surface area contributed by atoms with Gasteiger partial charge >= 0.3 is 5.97 Å². The SMILES string of the molecule is COC(=O)CCNC(=O)c1nc(C(N)CCNC(=O)c2cc(Nc3nc(C(N)CCNC(=O)c4cc(Nc5nc(N)cn5C)cn4C)cn3C)cn2C)cn1C. The Morgan fingerprint density at radius 2 is 1.12 bits per heavy atom. The lowest BCUT2D eigenvalue weighted by atomic mass is 10.1. The Kier molecular flexibility index (Phi) is 12.8. The minimum Gasteiger partial charge on any atom is -0.469 e. The molecule has 21 nitrogen and oxygen atoms in total. The number of aryl methyl sites for hydroxylation is 5. The van der Waals surface area contributed by atoms with E-state index in [1.165, 1.54) is 7.11 Å². The Balaban J connectivity index is 1.08. The molecule has 5 heterocycles. The zero-order chi connectivity index (χ0) is 40.7. The van der Waals surface area contributed by atoms with Gasteiger partial charge < -0.3 is 71.4 Å². The summed E-state index contributed by atoms with van der Waals surface area (Å²) in [7, 11) is 10.1. The third-order valence-corrected chi connectivity index (χ3v) is 8.96. The van der Waals surface area contributed by atoms with Gasteiger partial charge in [-0.25, -0.2) is 9.97 Å².